The Morgan fingerprint density at radius 1 is 0.940 bits per heavy atom. The van der Waals surface area contributed by atoms with Gasteiger partial charge in [-0.15, -0.1) is 0 Å². The second-order valence-electron chi connectivity index (χ2n) is 13.9. The minimum absolute atomic E-state index is 0.120. The number of carbonyl (C=O) groups excluding carboxylic acids is 4. The fourth-order valence-electron chi connectivity index (χ4n) is 6.66. The number of hydrogen-bond donors (Lipinski definition) is 0. The lowest BCUT2D eigenvalue weighted by Gasteiger charge is -2.38. The van der Waals surface area contributed by atoms with Gasteiger partial charge >= 0.3 is 12.1 Å². The first-order chi connectivity index (χ1) is 23.9. The van der Waals surface area contributed by atoms with E-state index in [4.69, 9.17) is 9.47 Å². The first-order valence-corrected chi connectivity index (χ1v) is 17.1. The largest absolute Gasteiger partial charge is 0.459 e. The number of esters is 1. The van der Waals surface area contributed by atoms with Crippen LogP contribution in [0.1, 0.15) is 61.8 Å². The van der Waals surface area contributed by atoms with Gasteiger partial charge < -0.3 is 19.3 Å². The zero-order chi connectivity index (χ0) is 36.0. The average Bonchev–Trinajstić information content (AvgIpc) is 3.40. The fraction of sp³-hybridized carbons (Fsp3) is 0.366. The molecule has 0 saturated carbocycles. The number of likely N-dealkylation sites (N-methyl/N-ethyl adjacent to an activating group) is 2. The van der Waals surface area contributed by atoms with Crippen molar-refractivity contribution in [3.63, 3.8) is 0 Å². The van der Waals surface area contributed by atoms with E-state index in [1.165, 1.54) is 16.8 Å². The highest BCUT2D eigenvalue weighted by Crippen LogP contribution is 2.44. The maximum atomic E-state index is 14.5. The Morgan fingerprint density at radius 3 is 2.16 bits per heavy atom. The summed E-state index contributed by atoms with van der Waals surface area (Å²) in [5.41, 5.74) is 5.49. The van der Waals surface area contributed by atoms with Crippen LogP contribution in [0.3, 0.4) is 0 Å². The van der Waals surface area contributed by atoms with Crippen molar-refractivity contribution in [2.75, 3.05) is 33.8 Å². The quantitative estimate of drug-likeness (QED) is 0.180. The van der Waals surface area contributed by atoms with Gasteiger partial charge in [0.1, 0.15) is 30.8 Å². The number of nitrogens with zero attached hydrogens (tertiary/aromatic N) is 3. The topological polar surface area (TPSA) is 96.5 Å². The Labute approximate surface area is 295 Å². The smallest absolute Gasteiger partial charge is 0.410 e. The molecule has 0 N–H and O–H groups in total. The summed E-state index contributed by atoms with van der Waals surface area (Å²) >= 11 is 0. The molecule has 3 aromatic rings. The molecular weight excluding hydrogens is 630 g/mol. The number of rotatable bonds is 10. The molecule has 0 saturated heterocycles. The molecule has 50 heavy (non-hydrogen) atoms. The van der Waals surface area contributed by atoms with Gasteiger partial charge in [0.15, 0.2) is 0 Å². The lowest BCUT2D eigenvalue weighted by Crippen LogP contribution is -2.58. The summed E-state index contributed by atoms with van der Waals surface area (Å²) < 4.78 is 11.4. The average molecular weight is 678 g/mol. The molecule has 0 spiro atoms. The van der Waals surface area contributed by atoms with Crippen molar-refractivity contribution >= 4 is 30.0 Å². The van der Waals surface area contributed by atoms with E-state index in [9.17, 15) is 19.2 Å². The molecule has 3 amide bonds. The van der Waals surface area contributed by atoms with Gasteiger partial charge in [-0.05, 0) is 67.0 Å². The number of amides is 3. The van der Waals surface area contributed by atoms with Crippen molar-refractivity contribution in [3.8, 4) is 11.1 Å². The fourth-order valence-corrected chi connectivity index (χ4v) is 6.66. The summed E-state index contributed by atoms with van der Waals surface area (Å²) in [5.74, 6) is -1.43. The summed E-state index contributed by atoms with van der Waals surface area (Å²) in [7, 11) is 3.10. The van der Waals surface area contributed by atoms with Crippen LogP contribution in [0.4, 0.5) is 4.79 Å². The lowest BCUT2D eigenvalue weighted by atomic mass is 9.98. The molecule has 1 aliphatic heterocycles. The van der Waals surface area contributed by atoms with Crippen molar-refractivity contribution in [2.45, 2.75) is 63.6 Å². The van der Waals surface area contributed by atoms with Crippen LogP contribution in [0.5, 0.6) is 0 Å². The summed E-state index contributed by atoms with van der Waals surface area (Å²) in [6.45, 7) is 9.22. The third kappa shape index (κ3) is 8.33. The number of carbonyl (C=O) groups is 4. The standard InChI is InChI=1S/C41H47N3O6/c1-7-28-20-22-29(23-21-28)25-36(38(46)42(5)26-37(45)50-41(2,3)4)44-24-14-8-9-19-35(39(44)47)43(6)40(48)49-27-34-32-17-12-10-15-30(32)31-16-11-13-18-33(31)34/h7-13,15-18,20-23,34-36H,1,14,19,24-27H2,2-6H3/b9-8-/t35-,36-/m0/s1. The molecule has 0 unspecified atom stereocenters. The normalized spacial score (nSPS) is 17.0. The van der Waals surface area contributed by atoms with E-state index in [2.05, 4.69) is 30.8 Å². The van der Waals surface area contributed by atoms with Gasteiger partial charge in [0.05, 0.1) is 0 Å². The highest BCUT2D eigenvalue weighted by atomic mass is 16.6. The first-order valence-electron chi connectivity index (χ1n) is 17.1. The van der Waals surface area contributed by atoms with Gasteiger partial charge in [-0.25, -0.2) is 4.79 Å². The van der Waals surface area contributed by atoms with Crippen LogP contribution in [0.25, 0.3) is 17.2 Å². The van der Waals surface area contributed by atoms with Crippen LogP contribution in [0.15, 0.2) is 91.5 Å². The molecule has 0 radical (unpaired) electrons. The highest BCUT2D eigenvalue weighted by Gasteiger charge is 2.39. The van der Waals surface area contributed by atoms with E-state index < -0.39 is 35.7 Å². The molecule has 1 aliphatic carbocycles. The van der Waals surface area contributed by atoms with Crippen LogP contribution >= 0.6 is 0 Å². The van der Waals surface area contributed by atoms with E-state index >= 15 is 0 Å². The molecular formula is C41H47N3O6. The number of benzene rings is 3. The summed E-state index contributed by atoms with van der Waals surface area (Å²) in [6.07, 6.45) is 5.98. The molecule has 9 nitrogen and oxygen atoms in total. The van der Waals surface area contributed by atoms with Gasteiger partial charge in [-0.3, -0.25) is 19.3 Å². The zero-order valence-electron chi connectivity index (χ0n) is 29.6. The van der Waals surface area contributed by atoms with Gasteiger partial charge in [0.25, 0.3) is 0 Å². The third-order valence-electron chi connectivity index (χ3n) is 9.19. The number of ether oxygens (including phenoxy) is 2. The van der Waals surface area contributed by atoms with Crippen molar-refractivity contribution in [2.24, 2.45) is 0 Å². The van der Waals surface area contributed by atoms with Crippen LogP contribution in [0.2, 0.25) is 0 Å². The Hall–Kier alpha value is -5.18. The number of hydrogen-bond acceptors (Lipinski definition) is 6. The Balaban J connectivity index is 1.36. The summed E-state index contributed by atoms with van der Waals surface area (Å²) in [4.78, 5) is 59.2. The predicted octanol–water partition coefficient (Wildman–Crippen LogP) is 6.47. The molecule has 0 bridgehead atoms. The van der Waals surface area contributed by atoms with E-state index in [0.717, 1.165) is 33.4 Å². The maximum absolute atomic E-state index is 14.5. The highest BCUT2D eigenvalue weighted by molar-refractivity contribution is 5.93. The van der Waals surface area contributed by atoms with E-state index in [1.807, 2.05) is 60.7 Å². The SMILES string of the molecule is C=Cc1ccc(C[C@@H](C(=O)N(C)CC(=O)OC(C)(C)C)N2CC/C=C\C[C@H](N(C)C(=O)OCC3c4ccccc4-c4ccccc43)C2=O)cc1. The molecule has 9 heteroatoms. The second-order valence-corrected chi connectivity index (χ2v) is 13.9. The molecule has 0 fully saturated rings. The van der Waals surface area contributed by atoms with Crippen molar-refractivity contribution in [1.29, 1.82) is 0 Å². The minimum Gasteiger partial charge on any atom is -0.459 e. The zero-order valence-corrected chi connectivity index (χ0v) is 29.6. The second kappa shape index (κ2) is 15.6. The lowest BCUT2D eigenvalue weighted by molar-refractivity contribution is -0.159. The van der Waals surface area contributed by atoms with E-state index in [0.29, 0.717) is 6.42 Å². The van der Waals surface area contributed by atoms with Crippen LogP contribution in [-0.2, 0) is 30.3 Å². The molecule has 5 rings (SSSR count). The van der Waals surface area contributed by atoms with E-state index in [-0.39, 0.29) is 44.4 Å². The van der Waals surface area contributed by atoms with Gasteiger partial charge in [0, 0.05) is 33.0 Å². The summed E-state index contributed by atoms with van der Waals surface area (Å²) in [6, 6.07) is 22.0. The molecule has 262 valence electrons. The maximum Gasteiger partial charge on any atom is 0.410 e. The van der Waals surface area contributed by atoms with Gasteiger partial charge in [-0.1, -0.05) is 97.6 Å². The number of fused-ring (bicyclic) bond motifs is 3. The van der Waals surface area contributed by atoms with Crippen LogP contribution in [0, 0.1) is 0 Å². The van der Waals surface area contributed by atoms with Crippen molar-refractivity contribution in [3.05, 3.63) is 114 Å². The summed E-state index contributed by atoms with van der Waals surface area (Å²) in [5, 5.41) is 0. The third-order valence-corrected chi connectivity index (χ3v) is 9.19. The van der Waals surface area contributed by atoms with Crippen molar-refractivity contribution < 1.29 is 28.7 Å². The molecule has 2 atom stereocenters. The van der Waals surface area contributed by atoms with Crippen molar-refractivity contribution in [1.82, 2.24) is 14.7 Å². The molecule has 2 aliphatic rings. The molecule has 0 aromatic heterocycles. The Morgan fingerprint density at radius 2 is 1.56 bits per heavy atom. The Bertz CT molecular complexity index is 1710. The van der Waals surface area contributed by atoms with E-state index in [1.54, 1.807) is 38.8 Å². The predicted molar refractivity (Wildman–Crippen MR) is 194 cm³/mol. The van der Waals surface area contributed by atoms with Crippen LogP contribution in [-0.4, -0.2) is 90.1 Å². The van der Waals surface area contributed by atoms with Gasteiger partial charge in [-0.2, -0.15) is 0 Å². The molecule has 1 heterocycles. The molecule has 3 aromatic carbocycles. The monoisotopic (exact) mass is 677 g/mol. The minimum atomic E-state index is -0.936. The first kappa shape index (κ1) is 36.1. The Kier molecular flexibility index (Phi) is 11.2. The van der Waals surface area contributed by atoms with Crippen LogP contribution < -0.4 is 0 Å². The van der Waals surface area contributed by atoms with Gasteiger partial charge in [0.2, 0.25) is 11.8 Å².